The normalized spacial score (nSPS) is 10.7. The topological polar surface area (TPSA) is 46.8 Å². The Kier molecular flexibility index (Phi) is 4.92. The van der Waals surface area contributed by atoms with Crippen LogP contribution in [0.3, 0.4) is 0 Å². The molecule has 0 spiro atoms. The van der Waals surface area contributed by atoms with Gasteiger partial charge in [-0.05, 0) is 52.7 Å². The van der Waals surface area contributed by atoms with Gasteiger partial charge in [-0.15, -0.1) is 5.10 Å². The molecule has 0 amide bonds. The van der Waals surface area contributed by atoms with Crippen molar-refractivity contribution in [3.8, 4) is 5.69 Å². The van der Waals surface area contributed by atoms with Crippen molar-refractivity contribution in [1.29, 1.82) is 0 Å². The van der Waals surface area contributed by atoms with Gasteiger partial charge in [0, 0.05) is 12.2 Å². The van der Waals surface area contributed by atoms with Crippen LogP contribution in [0.5, 0.6) is 0 Å². The fraction of sp³-hybridized carbons (Fsp3) is 0.136. The Morgan fingerprint density at radius 1 is 0.815 bits per heavy atom. The highest BCUT2D eigenvalue weighted by Gasteiger charge is 2.15. The minimum absolute atomic E-state index is 0.611. The number of para-hydroxylation sites is 1. The molecule has 1 aromatic heterocycles. The Morgan fingerprint density at radius 2 is 1.56 bits per heavy atom. The second-order valence-corrected chi connectivity index (χ2v) is 6.52. The summed E-state index contributed by atoms with van der Waals surface area (Å²) in [6.07, 6.45) is 0. The van der Waals surface area contributed by atoms with Gasteiger partial charge in [0.1, 0.15) is 0 Å². The summed E-state index contributed by atoms with van der Waals surface area (Å²) in [4.78, 5) is 2.30. The molecule has 0 atom stereocenters. The standard InChI is InChI=1S/C22H21N5/c1-18-9-8-14-21(15-18)26(16-19-10-4-2-5-11-19)17-22-23-24-25-27(22)20-12-6-3-7-13-20/h2-15H,16-17H2,1H3. The Hall–Kier alpha value is -3.47. The highest BCUT2D eigenvalue weighted by atomic mass is 15.5. The number of aryl methyl sites for hydroxylation is 1. The molecule has 134 valence electrons. The van der Waals surface area contributed by atoms with Crippen LogP contribution in [-0.4, -0.2) is 20.2 Å². The molecule has 0 bridgehead atoms. The maximum absolute atomic E-state index is 4.28. The third-order valence-corrected chi connectivity index (χ3v) is 4.45. The van der Waals surface area contributed by atoms with Crippen LogP contribution in [0.25, 0.3) is 5.69 Å². The Bertz CT molecular complexity index is 995. The Labute approximate surface area is 158 Å². The van der Waals surface area contributed by atoms with E-state index in [9.17, 15) is 0 Å². The number of hydrogen-bond acceptors (Lipinski definition) is 4. The minimum Gasteiger partial charge on any atom is -0.360 e. The number of aromatic nitrogens is 4. The van der Waals surface area contributed by atoms with Crippen molar-refractivity contribution in [2.24, 2.45) is 0 Å². The lowest BCUT2D eigenvalue weighted by molar-refractivity contribution is 0.713. The van der Waals surface area contributed by atoms with Crippen LogP contribution in [0.1, 0.15) is 17.0 Å². The monoisotopic (exact) mass is 355 g/mol. The van der Waals surface area contributed by atoms with E-state index in [0.29, 0.717) is 6.54 Å². The van der Waals surface area contributed by atoms with Crippen molar-refractivity contribution in [1.82, 2.24) is 20.2 Å². The van der Waals surface area contributed by atoms with Gasteiger partial charge >= 0.3 is 0 Å². The van der Waals surface area contributed by atoms with Gasteiger partial charge < -0.3 is 4.90 Å². The van der Waals surface area contributed by atoms with Crippen molar-refractivity contribution in [2.45, 2.75) is 20.0 Å². The van der Waals surface area contributed by atoms with Crippen molar-refractivity contribution in [2.75, 3.05) is 4.90 Å². The number of benzene rings is 3. The summed E-state index contributed by atoms with van der Waals surface area (Å²) in [6.45, 7) is 3.50. The highest BCUT2D eigenvalue weighted by Crippen LogP contribution is 2.21. The van der Waals surface area contributed by atoms with Gasteiger partial charge in [-0.1, -0.05) is 60.7 Å². The quantitative estimate of drug-likeness (QED) is 0.521. The van der Waals surface area contributed by atoms with E-state index < -0.39 is 0 Å². The van der Waals surface area contributed by atoms with E-state index in [1.54, 1.807) is 4.68 Å². The van der Waals surface area contributed by atoms with Crippen molar-refractivity contribution in [3.63, 3.8) is 0 Å². The lowest BCUT2D eigenvalue weighted by atomic mass is 10.1. The first-order valence-corrected chi connectivity index (χ1v) is 8.98. The molecule has 1 heterocycles. The van der Waals surface area contributed by atoms with Gasteiger partial charge in [-0.25, -0.2) is 0 Å². The van der Waals surface area contributed by atoms with E-state index in [4.69, 9.17) is 0 Å². The van der Waals surface area contributed by atoms with Gasteiger partial charge in [-0.3, -0.25) is 0 Å². The fourth-order valence-corrected chi connectivity index (χ4v) is 3.11. The zero-order valence-electron chi connectivity index (χ0n) is 15.2. The van der Waals surface area contributed by atoms with E-state index in [2.05, 4.69) is 75.9 Å². The number of nitrogens with zero attached hydrogens (tertiary/aromatic N) is 5. The minimum atomic E-state index is 0.611. The Balaban J connectivity index is 1.67. The molecule has 4 rings (SSSR count). The van der Waals surface area contributed by atoms with Crippen molar-refractivity contribution < 1.29 is 0 Å². The molecule has 0 saturated heterocycles. The summed E-state index contributed by atoms with van der Waals surface area (Å²) >= 11 is 0. The van der Waals surface area contributed by atoms with Crippen LogP contribution < -0.4 is 4.90 Å². The zero-order chi connectivity index (χ0) is 18.5. The first-order chi connectivity index (χ1) is 13.3. The predicted molar refractivity (Wildman–Crippen MR) is 107 cm³/mol. The average Bonchev–Trinajstić information content (AvgIpc) is 3.17. The van der Waals surface area contributed by atoms with E-state index in [-0.39, 0.29) is 0 Å². The van der Waals surface area contributed by atoms with Crippen molar-refractivity contribution >= 4 is 5.69 Å². The molecule has 27 heavy (non-hydrogen) atoms. The molecule has 5 heteroatoms. The molecule has 0 aliphatic rings. The molecule has 0 fully saturated rings. The lowest BCUT2D eigenvalue weighted by Gasteiger charge is -2.25. The van der Waals surface area contributed by atoms with Gasteiger partial charge in [0.2, 0.25) is 0 Å². The summed E-state index contributed by atoms with van der Waals surface area (Å²) in [5.41, 5.74) is 4.59. The summed E-state index contributed by atoms with van der Waals surface area (Å²) in [7, 11) is 0. The average molecular weight is 355 g/mol. The molecule has 4 aromatic rings. The Morgan fingerprint density at radius 3 is 2.30 bits per heavy atom. The highest BCUT2D eigenvalue weighted by molar-refractivity contribution is 5.49. The lowest BCUT2D eigenvalue weighted by Crippen LogP contribution is -2.24. The van der Waals surface area contributed by atoms with Crippen LogP contribution in [-0.2, 0) is 13.1 Å². The summed E-state index contributed by atoms with van der Waals surface area (Å²) in [6, 6.07) is 29.0. The third kappa shape index (κ3) is 4.03. The molecule has 0 saturated carbocycles. The zero-order valence-corrected chi connectivity index (χ0v) is 15.2. The van der Waals surface area contributed by atoms with Gasteiger partial charge in [-0.2, -0.15) is 4.68 Å². The predicted octanol–water partition coefficient (Wildman–Crippen LogP) is 4.18. The maximum Gasteiger partial charge on any atom is 0.175 e. The van der Waals surface area contributed by atoms with E-state index in [0.717, 1.165) is 23.7 Å². The molecular formula is C22H21N5. The molecule has 5 nitrogen and oxygen atoms in total. The molecular weight excluding hydrogens is 334 g/mol. The first-order valence-electron chi connectivity index (χ1n) is 8.98. The van der Waals surface area contributed by atoms with Crippen molar-refractivity contribution in [3.05, 3.63) is 102 Å². The smallest absolute Gasteiger partial charge is 0.175 e. The van der Waals surface area contributed by atoms with Crippen LogP contribution in [0.15, 0.2) is 84.9 Å². The molecule has 0 aliphatic heterocycles. The van der Waals surface area contributed by atoms with Crippen LogP contribution in [0.4, 0.5) is 5.69 Å². The fourth-order valence-electron chi connectivity index (χ4n) is 3.11. The summed E-state index contributed by atoms with van der Waals surface area (Å²) in [5, 5.41) is 12.4. The summed E-state index contributed by atoms with van der Waals surface area (Å²) < 4.78 is 1.80. The third-order valence-electron chi connectivity index (χ3n) is 4.45. The SMILES string of the molecule is Cc1cccc(N(Cc2ccccc2)Cc2nnnn2-c2ccccc2)c1. The second-order valence-electron chi connectivity index (χ2n) is 6.52. The van der Waals surface area contributed by atoms with Crippen LogP contribution in [0, 0.1) is 6.92 Å². The first kappa shape index (κ1) is 17.0. The van der Waals surface area contributed by atoms with Gasteiger partial charge in [0.15, 0.2) is 5.82 Å². The van der Waals surface area contributed by atoms with Crippen LogP contribution >= 0.6 is 0 Å². The molecule has 0 radical (unpaired) electrons. The van der Waals surface area contributed by atoms with Gasteiger partial charge in [0.05, 0.1) is 12.2 Å². The molecule has 0 aliphatic carbocycles. The largest absolute Gasteiger partial charge is 0.360 e. The van der Waals surface area contributed by atoms with E-state index >= 15 is 0 Å². The molecule has 0 N–H and O–H groups in total. The number of rotatable bonds is 6. The van der Waals surface area contributed by atoms with Gasteiger partial charge in [0.25, 0.3) is 0 Å². The van der Waals surface area contributed by atoms with Crippen LogP contribution in [0.2, 0.25) is 0 Å². The number of hydrogen-bond donors (Lipinski definition) is 0. The number of tetrazole rings is 1. The maximum atomic E-state index is 4.28. The van der Waals surface area contributed by atoms with E-state index in [1.807, 2.05) is 36.4 Å². The summed E-state index contributed by atoms with van der Waals surface area (Å²) in [5.74, 6) is 0.804. The molecule has 3 aromatic carbocycles. The number of anilines is 1. The molecule has 0 unspecified atom stereocenters. The van der Waals surface area contributed by atoms with E-state index in [1.165, 1.54) is 11.1 Å². The second kappa shape index (κ2) is 7.83.